The van der Waals surface area contributed by atoms with E-state index in [1.54, 1.807) is 62.8 Å². The third-order valence-corrected chi connectivity index (χ3v) is 33.2. The fraction of sp³-hybridized carbons (Fsp3) is 0.494. The third kappa shape index (κ3) is 26.4. The summed E-state index contributed by atoms with van der Waals surface area (Å²) in [6.07, 6.45) is 5.71. The minimum Gasteiger partial charge on any atom is -0.509 e. The van der Waals surface area contributed by atoms with Crippen molar-refractivity contribution >= 4 is 184 Å². The molecule has 0 saturated carbocycles. The Balaban J connectivity index is 0.000000196. The fourth-order valence-corrected chi connectivity index (χ4v) is 25.5. The molecule has 7 unspecified atom stereocenters. The number of nitrogens with zero attached hydrogens (tertiary/aromatic N) is 10. The molecule has 54 heteroatoms. The molecular weight excluding hydrogens is 2030 g/mol. The molecule has 0 fully saturated rings. The molecule has 7 atom stereocenters. The summed E-state index contributed by atoms with van der Waals surface area (Å²) in [6, 6.07) is 15.6. The van der Waals surface area contributed by atoms with E-state index in [1.165, 1.54) is 89.5 Å². The van der Waals surface area contributed by atoms with Gasteiger partial charge >= 0.3 is 36.3 Å². The lowest BCUT2D eigenvalue weighted by molar-refractivity contribution is -0.216. The van der Waals surface area contributed by atoms with Crippen LogP contribution in [0.4, 0.5) is 58.7 Å². The van der Waals surface area contributed by atoms with Crippen molar-refractivity contribution in [2.75, 3.05) is 118 Å². The van der Waals surface area contributed by atoms with Crippen molar-refractivity contribution in [2.24, 2.45) is 47.8 Å². The van der Waals surface area contributed by atoms with Crippen LogP contribution in [0.15, 0.2) is 161 Å². The maximum Gasteiger partial charge on any atom is 0.418 e. The van der Waals surface area contributed by atoms with Crippen LogP contribution in [0.1, 0.15) is 156 Å². The van der Waals surface area contributed by atoms with Gasteiger partial charge in [-0.3, -0.25) is 61.0 Å². The quantitative estimate of drug-likeness (QED) is 0.0190. The third-order valence-electron chi connectivity index (χ3n) is 22.6. The van der Waals surface area contributed by atoms with E-state index >= 15 is 0 Å². The molecule has 43 nitrogen and oxygen atoms in total. The van der Waals surface area contributed by atoms with Crippen LogP contribution in [0, 0.1) is 21.7 Å². The highest BCUT2D eigenvalue weighted by molar-refractivity contribution is 7.92. The highest BCUT2D eigenvalue weighted by atomic mass is 32.2. The van der Waals surface area contributed by atoms with Gasteiger partial charge in [-0.15, -0.1) is 0 Å². The van der Waals surface area contributed by atoms with E-state index in [0.717, 1.165) is 30.6 Å². The van der Waals surface area contributed by atoms with Gasteiger partial charge in [0.2, 0.25) is 40.1 Å². The summed E-state index contributed by atoms with van der Waals surface area (Å²) in [5.74, 6) is -5.29. The van der Waals surface area contributed by atoms with Gasteiger partial charge in [0, 0.05) is 74.3 Å². The molecule has 786 valence electrons. The minimum absolute atomic E-state index is 0.0283. The predicted molar refractivity (Wildman–Crippen MR) is 546 cm³/mol. The number of aliphatic hydroxyl groups excluding tert-OH is 5. The number of aliphatic hydroxyl groups is 5. The first-order chi connectivity index (χ1) is 65.7. The number of allylic oxidation sites excluding steroid dienone is 1. The summed E-state index contributed by atoms with van der Waals surface area (Å²) in [4.78, 5) is 58.9. The van der Waals surface area contributed by atoms with E-state index in [0.29, 0.717) is 60.5 Å². The Hall–Kier alpha value is -10.7. The molecule has 0 bridgehead atoms. The average Bonchev–Trinajstić information content (AvgIpc) is 1.56. The lowest BCUT2D eigenvalue weighted by Crippen LogP contribution is -2.57. The Morgan fingerprint density at radius 3 is 1.13 bits per heavy atom. The maximum atomic E-state index is 14.3. The Morgan fingerprint density at radius 2 is 0.818 bits per heavy atom. The number of alkyl halides is 3. The lowest BCUT2D eigenvalue weighted by atomic mass is 9.85. The van der Waals surface area contributed by atoms with E-state index in [2.05, 4.69) is 85.1 Å². The summed E-state index contributed by atoms with van der Waals surface area (Å²) in [7, 11) is -28.6. The molecule has 13 N–H and O–H groups in total. The first-order valence-electron chi connectivity index (χ1n) is 45.0. The number of carbonyl (C=O) groups is 4. The predicted octanol–water partition coefficient (Wildman–Crippen LogP) is 13.2. The number of hydrogen-bond donors (Lipinski definition) is 13. The van der Waals surface area contributed by atoms with E-state index in [9.17, 15) is 110 Å². The highest BCUT2D eigenvalue weighted by Gasteiger charge is 2.66. The van der Waals surface area contributed by atoms with Crippen LogP contribution in [-0.4, -0.2) is 237 Å². The summed E-state index contributed by atoms with van der Waals surface area (Å²) in [6.45, 7) is 32.8. The highest BCUT2D eigenvalue weighted by Crippen LogP contribution is 2.59. The molecule has 0 spiro atoms. The number of hydrogen-bond acceptors (Lipinski definition) is 30. The Bertz CT molecular complexity index is 6920. The van der Waals surface area contributed by atoms with Gasteiger partial charge in [0.25, 0.3) is 23.6 Å². The topological polar surface area (TPSA) is 588 Å². The van der Waals surface area contributed by atoms with Crippen LogP contribution in [0.25, 0.3) is 0 Å². The first-order valence-corrected chi connectivity index (χ1v) is 58.9. The monoisotopic (exact) mass is 2150 g/mol. The first kappa shape index (κ1) is 114. The van der Waals surface area contributed by atoms with Gasteiger partial charge in [-0.05, 0) is 162 Å². The maximum absolute atomic E-state index is 14.3. The lowest BCUT2D eigenvalue weighted by Gasteiger charge is -2.38. The van der Waals surface area contributed by atoms with Gasteiger partial charge in [0.05, 0.1) is 119 Å². The molecule has 8 aliphatic rings. The van der Waals surface area contributed by atoms with Crippen molar-refractivity contribution < 1.29 is 128 Å². The Kier molecular flexibility index (Phi) is 33.8. The standard InChI is InChI=1S/C23H31N6O6PS.C22H30F3N4O6PS.C22H33N4O7PS.C22H31N4O6PS/c1-7-35-36(32)17-10-15(27-37(6,33)34)8-9-16(17)25-21(26-36)18-19(30)20(23(2,3)4)29(22(18)31)13-14-11-24-28(5)12-14;1-7-35-36(32)15-12-13(28-37(6,33)34)8-9-14(15)26-18(27-36)16-17(30)21(5,22(23,24)25)29(19(16)31)11-10-20(2,3)4;1-6-33-34(30)17-13-14(25-35(5,31)32)7-8-15(17)23-20(24-34)18-19(28)16(9-12-27)26(21(18)29)11-10-22(2,3)4;1-7-16-19(27)18(21(28)26(16)12-11-22(3,4)5)20-23-15-10-9-14(25-34(6,30)31)13-17(15)33(29,24-20)32-8-2/h8-12,20,27,30H,7,13H2,1-6H3,(H,25,26,32);8-9,12,28,30H,7,10-11H2,1-6H3,(H,26,27,32);7-8,13,16,25,27-28H,6,9-12H2,1-5H3,(H,23,24,30);7,9-10,13,25,27H,8,11-12H2,1-6H3,(H,23,24,29)/b;;;16-7+. The molecule has 0 aliphatic carbocycles. The smallest absolute Gasteiger partial charge is 0.418 e. The van der Waals surface area contributed by atoms with Crippen molar-refractivity contribution in [3.05, 3.63) is 148 Å². The number of carbonyl (C=O) groups excluding carboxylic acids is 4. The van der Waals surface area contributed by atoms with Crippen LogP contribution < -0.4 is 61.4 Å². The Labute approximate surface area is 830 Å². The SMILES string of the molecule is C/C=C1\C(O)=C(C2=NP(=O)(OCC)c3cc(NS(C)(=O)=O)ccc3N2)C(=O)N1CCC(C)(C)C.CCOP1(=O)N=C(C2=C(O)C(C(C)(C)C)N(Cc3cnn(C)c3)C2=O)Nc2ccc(NS(C)(=O)=O)cc21.CCOP1(=O)N=C(C2=C(O)C(C)(C(F)(F)F)N(CCC(C)(C)C)C2=O)Nc2ccc(NS(C)(=O)=O)cc21.CCOP1(=O)N=C(C2=C(O)C(CCO)N(CCC(C)(C)C)C2=O)Nc2ccc(NS(C)(=O)=O)cc21. The second kappa shape index (κ2) is 42.4. The molecule has 0 radical (unpaired) electrons. The van der Waals surface area contributed by atoms with Gasteiger partial charge in [0.15, 0.2) is 34.6 Å². The number of aromatic nitrogens is 2. The number of benzene rings is 4. The molecule has 4 aromatic carbocycles. The van der Waals surface area contributed by atoms with Crippen LogP contribution >= 0.6 is 30.1 Å². The van der Waals surface area contributed by atoms with E-state index < -0.39 is 146 Å². The zero-order chi connectivity index (χ0) is 107. The number of amides is 4. The number of rotatable bonds is 30. The molecule has 13 rings (SSSR count). The molecule has 1 aromatic heterocycles. The second-order valence-electron chi connectivity index (χ2n) is 39.3. The van der Waals surface area contributed by atoms with Crippen LogP contribution in [0.2, 0.25) is 0 Å². The molecule has 0 saturated heterocycles. The molecular formula is C89H125F3N18O25P4S4. The van der Waals surface area contributed by atoms with Crippen LogP contribution in [0.3, 0.4) is 0 Å². The van der Waals surface area contributed by atoms with Gasteiger partial charge in [0.1, 0.15) is 39.6 Å². The Morgan fingerprint density at radius 1 is 0.483 bits per heavy atom. The van der Waals surface area contributed by atoms with Crippen molar-refractivity contribution in [1.29, 1.82) is 0 Å². The fourth-order valence-electron chi connectivity index (χ4n) is 16.1. The zero-order valence-electron chi connectivity index (χ0n) is 83.4. The van der Waals surface area contributed by atoms with Crippen molar-refractivity contribution in [2.45, 2.75) is 181 Å². The summed E-state index contributed by atoms with van der Waals surface area (Å²) in [5.41, 5.74) is -2.33. The molecule has 5 aromatic rings. The molecule has 4 amide bonds. The number of fused-ring (bicyclic) bond motifs is 4. The molecule has 8 aliphatic heterocycles. The molecule has 143 heavy (non-hydrogen) atoms. The van der Waals surface area contributed by atoms with Gasteiger partial charge in [-0.2, -0.15) is 37.3 Å². The number of anilines is 8. The normalized spacial score (nSPS) is 22.9. The van der Waals surface area contributed by atoms with E-state index in [1.807, 2.05) is 62.3 Å². The average molecular weight is 2160 g/mol. The van der Waals surface area contributed by atoms with Crippen molar-refractivity contribution in [1.82, 2.24) is 29.4 Å². The van der Waals surface area contributed by atoms with Crippen LogP contribution in [0.5, 0.6) is 0 Å². The van der Waals surface area contributed by atoms with Crippen molar-refractivity contribution in [3.63, 3.8) is 0 Å². The largest absolute Gasteiger partial charge is 0.509 e. The van der Waals surface area contributed by atoms with Gasteiger partial charge in [-0.25, -0.2) is 33.7 Å². The second-order valence-corrected chi connectivity index (χ2v) is 54.2. The number of nitrogens with one attached hydrogen (secondary N) is 8. The van der Waals surface area contributed by atoms with Gasteiger partial charge in [-0.1, -0.05) is 89.2 Å². The van der Waals surface area contributed by atoms with E-state index in [-0.39, 0.29) is 171 Å². The molecule has 9 heterocycles. The van der Waals surface area contributed by atoms with Crippen molar-refractivity contribution in [3.8, 4) is 0 Å². The summed E-state index contributed by atoms with van der Waals surface area (Å²) < 4.78 is 241. The number of halogens is 3. The summed E-state index contributed by atoms with van der Waals surface area (Å²) in [5, 5.41) is 69.8. The number of aryl methyl sites for hydroxylation is 1. The van der Waals surface area contributed by atoms with Gasteiger partial charge < -0.3 is 84.5 Å². The minimum atomic E-state index is -5.03. The van der Waals surface area contributed by atoms with Crippen LogP contribution in [-0.2, 0) is 109 Å². The summed E-state index contributed by atoms with van der Waals surface area (Å²) >= 11 is 0. The number of amidine groups is 4. The van der Waals surface area contributed by atoms with E-state index in [4.69, 9.17) is 18.1 Å². The zero-order valence-corrected chi connectivity index (χ0v) is 90.3. The number of sulfonamides is 4.